The third-order valence-electron chi connectivity index (χ3n) is 5.90. The topological polar surface area (TPSA) is 71.3 Å². The molecule has 1 radical (unpaired) electrons. The molecular formula is C31H28N5O. The van der Waals surface area contributed by atoms with Crippen molar-refractivity contribution < 1.29 is 4.79 Å². The second-order valence-electron chi connectivity index (χ2n) is 8.37. The number of carbonyl (C=O) groups excluding carboxylic acids is 1. The van der Waals surface area contributed by atoms with Crippen molar-refractivity contribution >= 4 is 28.8 Å². The van der Waals surface area contributed by atoms with Gasteiger partial charge in [-0.15, -0.1) is 5.10 Å². The predicted octanol–water partition coefficient (Wildman–Crippen LogP) is 6.70. The van der Waals surface area contributed by atoms with Gasteiger partial charge in [-0.25, -0.2) is 4.52 Å². The Balaban J connectivity index is 0.00000137. The van der Waals surface area contributed by atoms with E-state index in [9.17, 15) is 4.79 Å². The molecule has 0 atom stereocenters. The first-order valence-corrected chi connectivity index (χ1v) is 12.4. The minimum absolute atomic E-state index is 0.134. The summed E-state index contributed by atoms with van der Waals surface area (Å²) in [6.07, 6.45) is 6.09. The fraction of sp³-hybridized carbons (Fsp3) is 0.0968. The number of nitrogens with one attached hydrogen (secondary N) is 2. The van der Waals surface area contributed by atoms with E-state index in [0.29, 0.717) is 18.1 Å². The summed E-state index contributed by atoms with van der Waals surface area (Å²) in [5.74, 6) is 0.333. The highest BCUT2D eigenvalue weighted by molar-refractivity contribution is 5.95. The van der Waals surface area contributed by atoms with Crippen molar-refractivity contribution in [3.8, 4) is 11.1 Å². The number of aromatic nitrogens is 3. The van der Waals surface area contributed by atoms with Crippen molar-refractivity contribution in [2.24, 2.45) is 0 Å². The lowest BCUT2D eigenvalue weighted by Gasteiger charge is -2.07. The molecule has 2 heterocycles. The minimum atomic E-state index is -0.134. The standard InChI is InChI=1S/C29H22N5O.C2H6/c35-28(30-19-20-6-2-1-3-7-20)24-8-4-9-25(18-24)31-29-32-27-26(10-5-17-34(27)33-29)23-15-13-22(14-16-23)21-11-12-21;1-2/h1-18H,19H2,(H,30,35)(H,31,33);1-2H3. The number of anilines is 2. The van der Waals surface area contributed by atoms with Crippen LogP contribution in [0.25, 0.3) is 22.3 Å². The van der Waals surface area contributed by atoms with Crippen LogP contribution in [-0.4, -0.2) is 20.5 Å². The van der Waals surface area contributed by atoms with Gasteiger partial charge in [0.25, 0.3) is 5.91 Å². The largest absolute Gasteiger partial charge is 0.348 e. The van der Waals surface area contributed by atoms with Gasteiger partial charge in [0.05, 0.1) is 0 Å². The first-order chi connectivity index (χ1) is 18.2. The van der Waals surface area contributed by atoms with Gasteiger partial charge in [0.15, 0.2) is 5.65 Å². The Morgan fingerprint density at radius 2 is 1.62 bits per heavy atom. The lowest BCUT2D eigenvalue weighted by atomic mass is 10.0. The van der Waals surface area contributed by atoms with Crippen molar-refractivity contribution in [3.05, 3.63) is 126 Å². The minimum Gasteiger partial charge on any atom is -0.348 e. The van der Waals surface area contributed by atoms with Crippen LogP contribution >= 0.6 is 0 Å². The second-order valence-corrected chi connectivity index (χ2v) is 8.37. The Kier molecular flexibility index (Phi) is 7.08. The number of nitrogens with zero attached hydrogens (tertiary/aromatic N) is 3. The van der Waals surface area contributed by atoms with Crippen LogP contribution in [0.15, 0.2) is 103 Å². The van der Waals surface area contributed by atoms with Crippen LogP contribution < -0.4 is 10.6 Å². The van der Waals surface area contributed by atoms with E-state index in [2.05, 4.69) is 52.5 Å². The number of carbonyl (C=O) groups is 1. The van der Waals surface area contributed by atoms with Gasteiger partial charge in [0.2, 0.25) is 5.95 Å². The number of pyridine rings is 1. The third-order valence-corrected chi connectivity index (χ3v) is 5.90. The summed E-state index contributed by atoms with van der Waals surface area (Å²) in [4.78, 5) is 17.4. The summed E-state index contributed by atoms with van der Waals surface area (Å²) in [6.45, 7) is 4.48. The van der Waals surface area contributed by atoms with E-state index in [-0.39, 0.29) is 5.91 Å². The maximum absolute atomic E-state index is 12.7. The average Bonchev–Trinajstić information content (AvgIpc) is 3.73. The third kappa shape index (κ3) is 5.59. The number of rotatable bonds is 7. The van der Waals surface area contributed by atoms with Crippen LogP contribution in [0.5, 0.6) is 0 Å². The number of allylic oxidation sites excluding steroid dienone is 2. The SMILES string of the molecule is CC.O=C(NCc1ccccc1)c1cccc(Nc2nc3c(-c4ccc(C5=C[CH]5)cc4)cccn3n2)c1. The Labute approximate surface area is 216 Å². The second kappa shape index (κ2) is 10.9. The lowest BCUT2D eigenvalue weighted by Crippen LogP contribution is -2.22. The summed E-state index contributed by atoms with van der Waals surface area (Å²) in [5, 5.41) is 10.8. The first-order valence-electron chi connectivity index (χ1n) is 12.4. The Bertz CT molecular complexity index is 1550. The average molecular weight is 487 g/mol. The summed E-state index contributed by atoms with van der Waals surface area (Å²) in [6, 6.07) is 29.6. The quantitative estimate of drug-likeness (QED) is 0.269. The number of benzene rings is 3. The summed E-state index contributed by atoms with van der Waals surface area (Å²) < 4.78 is 1.76. The van der Waals surface area contributed by atoms with E-state index in [1.165, 1.54) is 11.1 Å². The molecule has 0 saturated heterocycles. The summed E-state index contributed by atoms with van der Waals surface area (Å²) in [5.41, 5.74) is 7.71. The predicted molar refractivity (Wildman–Crippen MR) is 149 cm³/mol. The van der Waals surface area contributed by atoms with Crippen molar-refractivity contribution in [2.75, 3.05) is 5.32 Å². The van der Waals surface area contributed by atoms with Crippen molar-refractivity contribution in [2.45, 2.75) is 20.4 Å². The molecule has 183 valence electrons. The molecule has 1 amide bonds. The lowest BCUT2D eigenvalue weighted by molar-refractivity contribution is 0.0951. The molecule has 6 rings (SSSR count). The van der Waals surface area contributed by atoms with E-state index in [1.807, 2.05) is 74.6 Å². The Hall–Kier alpha value is -4.71. The van der Waals surface area contributed by atoms with Crippen LogP contribution in [0.1, 0.15) is 35.3 Å². The molecule has 2 aromatic heterocycles. The molecule has 1 aliphatic rings. The monoisotopic (exact) mass is 486 g/mol. The van der Waals surface area contributed by atoms with Gasteiger partial charge in [-0.05, 0) is 52.6 Å². The van der Waals surface area contributed by atoms with Crippen LogP contribution in [0, 0.1) is 6.42 Å². The molecular weight excluding hydrogens is 458 g/mol. The van der Waals surface area contributed by atoms with E-state index < -0.39 is 0 Å². The number of amides is 1. The van der Waals surface area contributed by atoms with Gasteiger partial charge in [-0.3, -0.25) is 4.79 Å². The van der Waals surface area contributed by atoms with Gasteiger partial charge in [-0.1, -0.05) is 80.6 Å². The normalized spacial score (nSPS) is 11.8. The van der Waals surface area contributed by atoms with Crippen molar-refractivity contribution in [1.29, 1.82) is 0 Å². The Morgan fingerprint density at radius 3 is 2.38 bits per heavy atom. The van der Waals surface area contributed by atoms with E-state index in [0.717, 1.165) is 28.0 Å². The number of fused-ring (bicyclic) bond motifs is 1. The van der Waals surface area contributed by atoms with E-state index in [4.69, 9.17) is 4.98 Å². The highest BCUT2D eigenvalue weighted by atomic mass is 16.1. The highest BCUT2D eigenvalue weighted by Crippen LogP contribution is 2.32. The molecule has 0 aliphatic heterocycles. The van der Waals surface area contributed by atoms with Gasteiger partial charge < -0.3 is 10.6 Å². The van der Waals surface area contributed by atoms with Gasteiger partial charge >= 0.3 is 0 Å². The zero-order valence-corrected chi connectivity index (χ0v) is 20.8. The zero-order chi connectivity index (χ0) is 25.6. The smallest absolute Gasteiger partial charge is 0.251 e. The molecule has 0 fully saturated rings. The van der Waals surface area contributed by atoms with Crippen molar-refractivity contribution in [3.63, 3.8) is 0 Å². The summed E-state index contributed by atoms with van der Waals surface area (Å²) >= 11 is 0. The molecule has 0 unspecified atom stereocenters. The van der Waals surface area contributed by atoms with Crippen LogP contribution in [0.3, 0.4) is 0 Å². The molecule has 6 heteroatoms. The van der Waals surface area contributed by atoms with Crippen LogP contribution in [-0.2, 0) is 6.54 Å². The maximum Gasteiger partial charge on any atom is 0.251 e. The van der Waals surface area contributed by atoms with Gasteiger partial charge in [0.1, 0.15) is 0 Å². The fourth-order valence-electron chi connectivity index (χ4n) is 4.01. The van der Waals surface area contributed by atoms with Crippen LogP contribution in [0.2, 0.25) is 0 Å². The molecule has 2 N–H and O–H groups in total. The van der Waals surface area contributed by atoms with Crippen LogP contribution in [0.4, 0.5) is 11.6 Å². The molecule has 0 bridgehead atoms. The fourth-order valence-corrected chi connectivity index (χ4v) is 4.01. The van der Waals surface area contributed by atoms with Gasteiger partial charge in [-0.2, -0.15) is 4.98 Å². The number of hydrogen-bond acceptors (Lipinski definition) is 4. The molecule has 0 saturated carbocycles. The first kappa shape index (κ1) is 24.0. The molecule has 3 aromatic carbocycles. The highest BCUT2D eigenvalue weighted by Gasteiger charge is 2.13. The summed E-state index contributed by atoms with van der Waals surface area (Å²) in [7, 11) is 0. The molecule has 1 aliphatic carbocycles. The zero-order valence-electron chi connectivity index (χ0n) is 20.8. The van der Waals surface area contributed by atoms with Crippen molar-refractivity contribution in [1.82, 2.24) is 19.9 Å². The Morgan fingerprint density at radius 1 is 0.865 bits per heavy atom. The number of hydrogen-bond donors (Lipinski definition) is 2. The maximum atomic E-state index is 12.7. The molecule has 0 spiro atoms. The molecule has 5 aromatic rings. The molecule has 37 heavy (non-hydrogen) atoms. The molecule has 6 nitrogen and oxygen atoms in total. The van der Waals surface area contributed by atoms with E-state index in [1.54, 1.807) is 16.6 Å². The van der Waals surface area contributed by atoms with Gasteiger partial charge in [0, 0.05) is 36.0 Å². The van der Waals surface area contributed by atoms with E-state index >= 15 is 0 Å².